The second kappa shape index (κ2) is 7.24. The van der Waals surface area contributed by atoms with Crippen molar-refractivity contribution < 1.29 is 9.53 Å². The first kappa shape index (κ1) is 15.5. The third-order valence-corrected chi connectivity index (χ3v) is 4.58. The van der Waals surface area contributed by atoms with Crippen molar-refractivity contribution in [2.24, 2.45) is 0 Å². The molecule has 0 aromatic carbocycles. The van der Waals surface area contributed by atoms with Gasteiger partial charge in [-0.15, -0.1) is 0 Å². The van der Waals surface area contributed by atoms with E-state index < -0.39 is 0 Å². The Morgan fingerprint density at radius 2 is 2.14 bits per heavy atom. The molecule has 22 heavy (non-hydrogen) atoms. The zero-order valence-electron chi connectivity index (χ0n) is 13.4. The molecule has 0 spiro atoms. The number of piperidine rings is 1. The Labute approximate surface area is 132 Å². The molecule has 1 aromatic heterocycles. The van der Waals surface area contributed by atoms with Crippen molar-refractivity contribution in [3.05, 3.63) is 18.0 Å². The fraction of sp³-hybridized carbons (Fsp3) is 0.750. The zero-order chi connectivity index (χ0) is 15.4. The first-order chi connectivity index (χ1) is 10.7. The molecule has 2 fully saturated rings. The van der Waals surface area contributed by atoms with Crippen molar-refractivity contribution in [2.75, 3.05) is 39.4 Å². The summed E-state index contributed by atoms with van der Waals surface area (Å²) in [7, 11) is 0. The van der Waals surface area contributed by atoms with Crippen LogP contribution in [-0.4, -0.2) is 70.9 Å². The molecule has 0 N–H and O–H groups in total. The van der Waals surface area contributed by atoms with E-state index >= 15 is 0 Å². The number of aryl methyl sites for hydroxylation is 1. The summed E-state index contributed by atoms with van der Waals surface area (Å²) < 4.78 is 7.16. The zero-order valence-corrected chi connectivity index (χ0v) is 13.4. The number of hydrogen-bond acceptors (Lipinski definition) is 4. The smallest absolute Gasteiger partial charge is 0.244 e. The molecular formula is C16H26N4O2. The minimum absolute atomic E-state index is 0.195. The van der Waals surface area contributed by atoms with E-state index in [9.17, 15) is 4.79 Å². The van der Waals surface area contributed by atoms with Gasteiger partial charge in [-0.1, -0.05) is 0 Å². The van der Waals surface area contributed by atoms with Gasteiger partial charge in [0.2, 0.25) is 5.91 Å². The number of morpholine rings is 1. The van der Waals surface area contributed by atoms with Gasteiger partial charge in [-0.3, -0.25) is 14.4 Å². The predicted octanol–water partition coefficient (Wildman–Crippen LogP) is 0.905. The summed E-state index contributed by atoms with van der Waals surface area (Å²) in [6, 6.07) is 0.344. The third-order valence-electron chi connectivity index (χ3n) is 4.58. The SMILES string of the molecule is Cc1cnn(CC(=O)N2CCCC[C@H]2CN2CCOCC2)c1. The van der Waals surface area contributed by atoms with Gasteiger partial charge in [-0.2, -0.15) is 5.10 Å². The largest absolute Gasteiger partial charge is 0.379 e. The van der Waals surface area contributed by atoms with Crippen LogP contribution in [0.2, 0.25) is 0 Å². The standard InChI is InChI=1S/C16H26N4O2/c1-14-10-17-19(11-14)13-16(21)20-5-3-2-4-15(20)12-18-6-8-22-9-7-18/h10-11,15H,2-9,12-13H2,1H3/t15-/m0/s1. The minimum atomic E-state index is 0.195. The molecule has 2 saturated heterocycles. The molecule has 2 aliphatic rings. The number of likely N-dealkylation sites (tertiary alicyclic amines) is 1. The number of rotatable bonds is 4. The van der Waals surface area contributed by atoms with Crippen molar-refractivity contribution in [1.29, 1.82) is 0 Å². The second-order valence-corrected chi connectivity index (χ2v) is 6.36. The number of amides is 1. The van der Waals surface area contributed by atoms with E-state index in [4.69, 9.17) is 4.74 Å². The van der Waals surface area contributed by atoms with Gasteiger partial charge >= 0.3 is 0 Å². The topological polar surface area (TPSA) is 50.6 Å². The second-order valence-electron chi connectivity index (χ2n) is 6.36. The van der Waals surface area contributed by atoms with Gasteiger partial charge in [0.1, 0.15) is 6.54 Å². The molecule has 3 heterocycles. The summed E-state index contributed by atoms with van der Waals surface area (Å²) in [4.78, 5) is 17.2. The number of ether oxygens (including phenoxy) is 1. The number of aromatic nitrogens is 2. The summed E-state index contributed by atoms with van der Waals surface area (Å²) >= 11 is 0. The fourth-order valence-electron chi connectivity index (χ4n) is 3.38. The highest BCUT2D eigenvalue weighted by atomic mass is 16.5. The van der Waals surface area contributed by atoms with E-state index in [1.807, 2.05) is 13.1 Å². The lowest BCUT2D eigenvalue weighted by atomic mass is 10.0. The molecule has 0 bridgehead atoms. The first-order valence-electron chi connectivity index (χ1n) is 8.31. The van der Waals surface area contributed by atoms with Crippen molar-refractivity contribution in [3.63, 3.8) is 0 Å². The summed E-state index contributed by atoms with van der Waals surface area (Å²) in [5, 5.41) is 4.23. The average molecular weight is 306 g/mol. The fourth-order valence-corrected chi connectivity index (χ4v) is 3.38. The maximum atomic E-state index is 12.7. The number of carbonyl (C=O) groups excluding carboxylic acids is 1. The van der Waals surface area contributed by atoms with Gasteiger partial charge in [-0.05, 0) is 31.7 Å². The van der Waals surface area contributed by atoms with Crippen molar-refractivity contribution in [3.8, 4) is 0 Å². The molecule has 0 radical (unpaired) electrons. The van der Waals surface area contributed by atoms with Gasteiger partial charge < -0.3 is 9.64 Å². The Bertz CT molecular complexity index is 496. The maximum absolute atomic E-state index is 12.7. The molecular weight excluding hydrogens is 280 g/mol. The van der Waals surface area contributed by atoms with Crippen LogP contribution >= 0.6 is 0 Å². The highest BCUT2D eigenvalue weighted by molar-refractivity contribution is 5.76. The summed E-state index contributed by atoms with van der Waals surface area (Å²) in [5.41, 5.74) is 1.09. The highest BCUT2D eigenvalue weighted by Gasteiger charge is 2.28. The summed E-state index contributed by atoms with van der Waals surface area (Å²) in [6.07, 6.45) is 7.18. The number of hydrogen-bond donors (Lipinski definition) is 0. The van der Waals surface area contributed by atoms with Crippen LogP contribution < -0.4 is 0 Å². The van der Waals surface area contributed by atoms with Gasteiger partial charge in [0.05, 0.1) is 19.4 Å². The predicted molar refractivity (Wildman–Crippen MR) is 83.6 cm³/mol. The molecule has 122 valence electrons. The van der Waals surface area contributed by atoms with E-state index in [-0.39, 0.29) is 5.91 Å². The monoisotopic (exact) mass is 306 g/mol. The molecule has 2 aliphatic heterocycles. The average Bonchev–Trinajstić information content (AvgIpc) is 2.94. The first-order valence-corrected chi connectivity index (χ1v) is 8.31. The Kier molecular flexibility index (Phi) is 5.10. The third kappa shape index (κ3) is 3.87. The van der Waals surface area contributed by atoms with Crippen LogP contribution in [0, 0.1) is 6.92 Å². The molecule has 1 atom stereocenters. The molecule has 0 saturated carbocycles. The van der Waals surface area contributed by atoms with E-state index in [2.05, 4.69) is 14.9 Å². The highest BCUT2D eigenvalue weighted by Crippen LogP contribution is 2.19. The summed E-state index contributed by atoms with van der Waals surface area (Å²) in [6.45, 7) is 7.80. The maximum Gasteiger partial charge on any atom is 0.244 e. The van der Waals surface area contributed by atoms with Crippen LogP contribution in [0.4, 0.5) is 0 Å². The van der Waals surface area contributed by atoms with E-state index in [0.717, 1.165) is 57.8 Å². The van der Waals surface area contributed by atoms with Gasteiger partial charge in [0.25, 0.3) is 0 Å². The summed E-state index contributed by atoms with van der Waals surface area (Å²) in [5.74, 6) is 0.195. The van der Waals surface area contributed by atoms with Crippen molar-refractivity contribution in [1.82, 2.24) is 19.6 Å². The van der Waals surface area contributed by atoms with Gasteiger partial charge in [0.15, 0.2) is 0 Å². The molecule has 3 rings (SSSR count). The Morgan fingerprint density at radius 3 is 2.86 bits per heavy atom. The molecule has 6 nitrogen and oxygen atoms in total. The molecule has 1 amide bonds. The normalized spacial score (nSPS) is 23.7. The molecule has 6 heteroatoms. The van der Waals surface area contributed by atoms with Gasteiger partial charge in [-0.25, -0.2) is 0 Å². The lowest BCUT2D eigenvalue weighted by molar-refractivity contribution is -0.136. The van der Waals surface area contributed by atoms with Crippen LogP contribution in [0.3, 0.4) is 0 Å². The van der Waals surface area contributed by atoms with Crippen LogP contribution in [0.5, 0.6) is 0 Å². The number of carbonyl (C=O) groups is 1. The minimum Gasteiger partial charge on any atom is -0.379 e. The van der Waals surface area contributed by atoms with Crippen molar-refractivity contribution >= 4 is 5.91 Å². The van der Waals surface area contributed by atoms with Crippen molar-refractivity contribution in [2.45, 2.75) is 38.8 Å². The van der Waals surface area contributed by atoms with E-state index in [0.29, 0.717) is 12.6 Å². The van der Waals surface area contributed by atoms with Crippen LogP contribution in [0.1, 0.15) is 24.8 Å². The van der Waals surface area contributed by atoms with Crippen LogP contribution in [0.15, 0.2) is 12.4 Å². The van der Waals surface area contributed by atoms with Crippen LogP contribution in [-0.2, 0) is 16.1 Å². The molecule has 1 aromatic rings. The van der Waals surface area contributed by atoms with Gasteiger partial charge in [0, 0.05) is 38.4 Å². The van der Waals surface area contributed by atoms with E-state index in [1.54, 1.807) is 10.9 Å². The Balaban J connectivity index is 1.59. The lowest BCUT2D eigenvalue weighted by Gasteiger charge is -2.39. The van der Waals surface area contributed by atoms with Crippen LogP contribution in [0.25, 0.3) is 0 Å². The Morgan fingerprint density at radius 1 is 1.32 bits per heavy atom. The lowest BCUT2D eigenvalue weighted by Crippen LogP contribution is -2.52. The quantitative estimate of drug-likeness (QED) is 0.829. The van der Waals surface area contributed by atoms with E-state index in [1.165, 1.54) is 6.42 Å². The molecule has 0 aliphatic carbocycles. The number of nitrogens with zero attached hydrogens (tertiary/aromatic N) is 4. The molecule has 0 unspecified atom stereocenters. The Hall–Kier alpha value is -1.40.